The van der Waals surface area contributed by atoms with E-state index >= 15 is 0 Å². The number of piperidine rings is 1. The van der Waals surface area contributed by atoms with Gasteiger partial charge in [-0.1, -0.05) is 0 Å². The first-order valence-corrected chi connectivity index (χ1v) is 6.36. The standard InChI is InChI=1S/C13H19N3O3/c1-9-10(7-15(3)14-9)11(17)16-6-4-5-13(2,8-16)12(18)19/h7H,4-6,8H2,1-3H3,(H,18,19). The second-order valence-corrected chi connectivity index (χ2v) is 5.50. The molecular formula is C13H19N3O3. The molecule has 104 valence electrons. The van der Waals surface area contributed by atoms with E-state index in [0.717, 1.165) is 0 Å². The van der Waals surface area contributed by atoms with Crippen LogP contribution in [0.5, 0.6) is 0 Å². The summed E-state index contributed by atoms with van der Waals surface area (Å²) >= 11 is 0. The molecule has 1 saturated heterocycles. The summed E-state index contributed by atoms with van der Waals surface area (Å²) in [6.07, 6.45) is 3.01. The van der Waals surface area contributed by atoms with Gasteiger partial charge in [-0.25, -0.2) is 0 Å². The molecule has 0 radical (unpaired) electrons. The highest BCUT2D eigenvalue weighted by molar-refractivity contribution is 5.95. The maximum Gasteiger partial charge on any atom is 0.311 e. The van der Waals surface area contributed by atoms with E-state index in [-0.39, 0.29) is 12.5 Å². The van der Waals surface area contributed by atoms with Crippen molar-refractivity contribution in [3.8, 4) is 0 Å². The van der Waals surface area contributed by atoms with Crippen LogP contribution in [0.15, 0.2) is 6.20 Å². The van der Waals surface area contributed by atoms with E-state index in [1.165, 1.54) is 0 Å². The van der Waals surface area contributed by atoms with Gasteiger partial charge in [0, 0.05) is 26.3 Å². The minimum absolute atomic E-state index is 0.127. The predicted molar refractivity (Wildman–Crippen MR) is 68.8 cm³/mol. The van der Waals surface area contributed by atoms with Crippen LogP contribution < -0.4 is 0 Å². The normalized spacial score (nSPS) is 23.4. The highest BCUT2D eigenvalue weighted by atomic mass is 16.4. The average molecular weight is 265 g/mol. The molecule has 0 bridgehead atoms. The fourth-order valence-electron chi connectivity index (χ4n) is 2.57. The van der Waals surface area contributed by atoms with Crippen molar-refractivity contribution >= 4 is 11.9 Å². The summed E-state index contributed by atoms with van der Waals surface area (Å²) < 4.78 is 1.60. The third kappa shape index (κ3) is 2.47. The number of carbonyl (C=O) groups excluding carboxylic acids is 1. The Balaban J connectivity index is 2.20. The number of carboxylic acids is 1. The van der Waals surface area contributed by atoms with Gasteiger partial charge in [0.05, 0.1) is 16.7 Å². The lowest BCUT2D eigenvalue weighted by Crippen LogP contribution is -2.48. The van der Waals surface area contributed by atoms with Crippen LogP contribution in [-0.4, -0.2) is 44.8 Å². The van der Waals surface area contributed by atoms with E-state index in [1.54, 1.807) is 36.7 Å². The maximum atomic E-state index is 12.4. The second kappa shape index (κ2) is 4.68. The fraction of sp³-hybridized carbons (Fsp3) is 0.615. The van der Waals surface area contributed by atoms with Crippen LogP contribution in [0.2, 0.25) is 0 Å². The van der Waals surface area contributed by atoms with Crippen molar-refractivity contribution in [1.82, 2.24) is 14.7 Å². The molecular weight excluding hydrogens is 246 g/mol. The number of aliphatic carboxylic acids is 1. The minimum Gasteiger partial charge on any atom is -0.481 e. The number of aryl methyl sites for hydroxylation is 2. The van der Waals surface area contributed by atoms with Crippen molar-refractivity contribution in [1.29, 1.82) is 0 Å². The third-order valence-corrected chi connectivity index (χ3v) is 3.74. The van der Waals surface area contributed by atoms with Gasteiger partial charge in [0.15, 0.2) is 0 Å². The first kappa shape index (κ1) is 13.6. The Morgan fingerprint density at radius 1 is 1.47 bits per heavy atom. The van der Waals surface area contributed by atoms with Crippen molar-refractivity contribution in [3.05, 3.63) is 17.5 Å². The van der Waals surface area contributed by atoms with Crippen molar-refractivity contribution < 1.29 is 14.7 Å². The topological polar surface area (TPSA) is 75.4 Å². The molecule has 2 rings (SSSR count). The average Bonchev–Trinajstić information content (AvgIpc) is 2.67. The number of nitrogens with zero attached hydrogens (tertiary/aromatic N) is 3. The largest absolute Gasteiger partial charge is 0.481 e. The van der Waals surface area contributed by atoms with Gasteiger partial charge in [-0.3, -0.25) is 14.3 Å². The Morgan fingerprint density at radius 2 is 2.16 bits per heavy atom. The second-order valence-electron chi connectivity index (χ2n) is 5.50. The van der Waals surface area contributed by atoms with Crippen molar-refractivity contribution in [2.75, 3.05) is 13.1 Å². The van der Waals surface area contributed by atoms with E-state index in [4.69, 9.17) is 0 Å². The van der Waals surface area contributed by atoms with Gasteiger partial charge in [-0.15, -0.1) is 0 Å². The molecule has 1 aliphatic heterocycles. The van der Waals surface area contributed by atoms with Crippen LogP contribution >= 0.6 is 0 Å². The van der Waals surface area contributed by atoms with E-state index in [2.05, 4.69) is 5.10 Å². The van der Waals surface area contributed by atoms with Crippen LogP contribution in [0.25, 0.3) is 0 Å². The quantitative estimate of drug-likeness (QED) is 0.867. The molecule has 1 N–H and O–H groups in total. The number of carbonyl (C=O) groups is 2. The Hall–Kier alpha value is -1.85. The molecule has 0 spiro atoms. The van der Waals surface area contributed by atoms with E-state index in [9.17, 15) is 14.7 Å². The zero-order valence-electron chi connectivity index (χ0n) is 11.5. The maximum absolute atomic E-state index is 12.4. The minimum atomic E-state index is -0.843. The van der Waals surface area contributed by atoms with Crippen molar-refractivity contribution in [2.45, 2.75) is 26.7 Å². The summed E-state index contributed by atoms with van der Waals surface area (Å²) in [6.45, 7) is 4.35. The van der Waals surface area contributed by atoms with E-state index in [0.29, 0.717) is 30.6 Å². The summed E-state index contributed by atoms with van der Waals surface area (Å²) in [4.78, 5) is 25.3. The first-order valence-electron chi connectivity index (χ1n) is 6.36. The Morgan fingerprint density at radius 3 is 2.68 bits per heavy atom. The SMILES string of the molecule is Cc1nn(C)cc1C(=O)N1CCCC(C)(C(=O)O)C1. The molecule has 0 saturated carbocycles. The number of carboxylic acid groups (broad SMARTS) is 1. The van der Waals surface area contributed by atoms with Gasteiger partial charge < -0.3 is 10.0 Å². The Kier molecular flexibility index (Phi) is 3.34. The van der Waals surface area contributed by atoms with Gasteiger partial charge in [-0.2, -0.15) is 5.10 Å². The highest BCUT2D eigenvalue weighted by Crippen LogP contribution is 2.30. The lowest BCUT2D eigenvalue weighted by Gasteiger charge is -2.37. The molecule has 1 aliphatic rings. The highest BCUT2D eigenvalue weighted by Gasteiger charge is 2.39. The van der Waals surface area contributed by atoms with Crippen LogP contribution in [-0.2, 0) is 11.8 Å². The Bertz CT molecular complexity index is 523. The smallest absolute Gasteiger partial charge is 0.311 e. The van der Waals surface area contributed by atoms with Gasteiger partial charge in [0.2, 0.25) is 0 Å². The third-order valence-electron chi connectivity index (χ3n) is 3.74. The molecule has 6 nitrogen and oxygen atoms in total. The zero-order chi connectivity index (χ0) is 14.2. The number of likely N-dealkylation sites (tertiary alicyclic amines) is 1. The molecule has 2 heterocycles. The first-order chi connectivity index (χ1) is 8.83. The van der Waals surface area contributed by atoms with Crippen LogP contribution in [0.4, 0.5) is 0 Å². The number of hydrogen-bond donors (Lipinski definition) is 1. The van der Waals surface area contributed by atoms with Crippen LogP contribution in [0.1, 0.15) is 35.8 Å². The monoisotopic (exact) mass is 265 g/mol. The number of aromatic nitrogens is 2. The molecule has 1 unspecified atom stereocenters. The van der Waals surface area contributed by atoms with Crippen LogP contribution in [0.3, 0.4) is 0 Å². The van der Waals surface area contributed by atoms with Gasteiger partial charge in [-0.05, 0) is 26.7 Å². The molecule has 1 atom stereocenters. The number of amides is 1. The van der Waals surface area contributed by atoms with E-state index < -0.39 is 11.4 Å². The summed E-state index contributed by atoms with van der Waals surface area (Å²) in [5.41, 5.74) is 0.386. The zero-order valence-corrected chi connectivity index (χ0v) is 11.5. The number of hydrogen-bond acceptors (Lipinski definition) is 3. The number of rotatable bonds is 2. The van der Waals surface area contributed by atoms with Gasteiger partial charge in [0.1, 0.15) is 0 Å². The van der Waals surface area contributed by atoms with Gasteiger partial charge >= 0.3 is 5.97 Å². The molecule has 6 heteroatoms. The summed E-state index contributed by atoms with van der Waals surface area (Å²) in [6, 6.07) is 0. The lowest BCUT2D eigenvalue weighted by molar-refractivity contribution is -0.150. The lowest BCUT2D eigenvalue weighted by atomic mass is 9.82. The van der Waals surface area contributed by atoms with Crippen molar-refractivity contribution in [2.24, 2.45) is 12.5 Å². The molecule has 1 amide bonds. The fourth-order valence-corrected chi connectivity index (χ4v) is 2.57. The van der Waals surface area contributed by atoms with Gasteiger partial charge in [0.25, 0.3) is 5.91 Å². The summed E-state index contributed by atoms with van der Waals surface area (Å²) in [5, 5.41) is 13.4. The molecule has 1 aromatic rings. The predicted octanol–water partition coefficient (Wildman–Crippen LogP) is 1.06. The molecule has 1 fully saturated rings. The molecule has 0 aromatic carbocycles. The molecule has 19 heavy (non-hydrogen) atoms. The molecule has 1 aromatic heterocycles. The Labute approximate surface area is 112 Å². The summed E-state index contributed by atoms with van der Waals surface area (Å²) in [7, 11) is 1.77. The van der Waals surface area contributed by atoms with Crippen LogP contribution in [0, 0.1) is 12.3 Å². The van der Waals surface area contributed by atoms with Crippen molar-refractivity contribution in [3.63, 3.8) is 0 Å². The van der Waals surface area contributed by atoms with E-state index in [1.807, 2.05) is 0 Å². The summed E-state index contributed by atoms with van der Waals surface area (Å²) in [5.74, 6) is -0.967. The molecule has 0 aliphatic carbocycles.